The smallest absolute Gasteiger partial charge is 0.354 e. The van der Waals surface area contributed by atoms with E-state index in [0.29, 0.717) is 13.0 Å². The van der Waals surface area contributed by atoms with Gasteiger partial charge in [0.05, 0.1) is 12.2 Å². The number of carboxylic acids is 1. The molecule has 156 valence electrons. The molecule has 0 spiro atoms. The number of hydrogen-bond donors (Lipinski definition) is 3. The van der Waals surface area contributed by atoms with Gasteiger partial charge in [-0.1, -0.05) is 30.3 Å². The molecular formula is C19H22N2O7S. The predicted octanol–water partition coefficient (Wildman–Crippen LogP) is -0.233. The Hall–Kier alpha value is -2.43. The first kappa shape index (κ1) is 21.3. The molecule has 29 heavy (non-hydrogen) atoms. The van der Waals surface area contributed by atoms with Gasteiger partial charge in [-0.3, -0.25) is 19.3 Å². The number of nitrogens with zero attached hydrogens (tertiary/aromatic N) is 1. The largest absolute Gasteiger partial charge is 0.478 e. The van der Waals surface area contributed by atoms with Gasteiger partial charge in [-0.15, -0.1) is 11.8 Å². The number of Topliss-reactive ketones (excluding diaryl/α,β-unsaturated/α-hetero) is 1. The third kappa shape index (κ3) is 4.95. The van der Waals surface area contributed by atoms with E-state index in [1.54, 1.807) is 24.3 Å². The van der Waals surface area contributed by atoms with Crippen molar-refractivity contribution in [1.29, 1.82) is 0 Å². The number of β-lactam (4-membered cyclic amide) rings is 1. The zero-order chi connectivity index (χ0) is 21.0. The Balaban J connectivity index is 1.63. The third-order valence-corrected chi connectivity index (χ3v) is 6.07. The van der Waals surface area contributed by atoms with Gasteiger partial charge in [-0.2, -0.15) is 0 Å². The van der Waals surface area contributed by atoms with Crippen molar-refractivity contribution in [2.75, 3.05) is 12.4 Å². The number of carboxylic acid groups (broad SMARTS) is 1. The molecule has 4 atom stereocenters. The Morgan fingerprint density at radius 1 is 1.28 bits per heavy atom. The lowest BCUT2D eigenvalue weighted by Crippen LogP contribution is -2.73. The molecule has 2 aliphatic rings. The van der Waals surface area contributed by atoms with E-state index >= 15 is 0 Å². The van der Waals surface area contributed by atoms with Gasteiger partial charge < -0.3 is 20.3 Å². The van der Waals surface area contributed by atoms with Crippen molar-refractivity contribution in [2.45, 2.75) is 43.0 Å². The standard InChI is InChI=1S/C19H22N2O7S/c22-12(13-7-4-8-28-13)10-29-18-15(16(24)21(18)17(25)19(26)27)20-14(23)9-11-5-2-1-3-6-11/h1-3,5-6,13,15,17-18,25H,4,7-10H2,(H,20,23)(H,26,27)/t13-,15+,17-,18+/m0/s1. The number of aliphatic carboxylic acids is 1. The number of nitrogens with one attached hydrogen (secondary N) is 1. The first-order valence-corrected chi connectivity index (χ1v) is 10.3. The highest BCUT2D eigenvalue weighted by molar-refractivity contribution is 8.00. The van der Waals surface area contributed by atoms with Gasteiger partial charge in [0.1, 0.15) is 17.5 Å². The molecule has 0 aromatic heterocycles. The predicted molar refractivity (Wildman–Crippen MR) is 103 cm³/mol. The van der Waals surface area contributed by atoms with Gasteiger partial charge in [-0.05, 0) is 18.4 Å². The maximum atomic E-state index is 12.4. The van der Waals surface area contributed by atoms with Crippen LogP contribution in [0.3, 0.4) is 0 Å². The van der Waals surface area contributed by atoms with Crippen LogP contribution in [0.5, 0.6) is 0 Å². The number of carbonyl (C=O) groups excluding carboxylic acids is 3. The van der Waals surface area contributed by atoms with Crippen LogP contribution >= 0.6 is 11.8 Å². The summed E-state index contributed by atoms with van der Waals surface area (Å²) >= 11 is 1.01. The summed E-state index contributed by atoms with van der Waals surface area (Å²) in [5.41, 5.74) is 0.761. The van der Waals surface area contributed by atoms with Crippen molar-refractivity contribution < 1.29 is 34.1 Å². The zero-order valence-electron chi connectivity index (χ0n) is 15.5. The van der Waals surface area contributed by atoms with Crippen LogP contribution in [0.25, 0.3) is 0 Å². The van der Waals surface area contributed by atoms with Crippen LogP contribution in [0.4, 0.5) is 0 Å². The number of rotatable bonds is 9. The summed E-state index contributed by atoms with van der Waals surface area (Å²) in [4.78, 5) is 48.8. The molecule has 0 radical (unpaired) electrons. The molecule has 2 aliphatic heterocycles. The zero-order valence-corrected chi connectivity index (χ0v) is 16.3. The van der Waals surface area contributed by atoms with E-state index in [-0.39, 0.29) is 18.0 Å². The van der Waals surface area contributed by atoms with Gasteiger partial charge in [0.2, 0.25) is 12.1 Å². The molecule has 3 N–H and O–H groups in total. The van der Waals surface area contributed by atoms with E-state index in [1.807, 2.05) is 6.07 Å². The van der Waals surface area contributed by atoms with E-state index < -0.39 is 41.5 Å². The second-order valence-corrected chi connectivity index (χ2v) is 7.94. The van der Waals surface area contributed by atoms with E-state index in [2.05, 4.69) is 5.32 Å². The topological polar surface area (TPSA) is 133 Å². The number of ketones is 1. The lowest BCUT2D eigenvalue weighted by atomic mass is 10.1. The Labute approximate surface area is 171 Å². The number of amides is 2. The minimum atomic E-state index is -2.04. The lowest BCUT2D eigenvalue weighted by molar-refractivity contribution is -0.178. The summed E-state index contributed by atoms with van der Waals surface area (Å²) in [5, 5.41) is 20.6. The molecule has 10 heteroatoms. The molecule has 2 heterocycles. The van der Waals surface area contributed by atoms with E-state index in [1.165, 1.54) is 0 Å². The Bertz CT molecular complexity index is 782. The van der Waals surface area contributed by atoms with Crippen molar-refractivity contribution in [3.8, 4) is 0 Å². The van der Waals surface area contributed by atoms with Gasteiger partial charge in [0.25, 0.3) is 5.91 Å². The quantitative estimate of drug-likeness (QED) is 0.465. The summed E-state index contributed by atoms with van der Waals surface area (Å²) in [6.45, 7) is 0.519. The fourth-order valence-electron chi connectivity index (χ4n) is 3.27. The highest BCUT2D eigenvalue weighted by Crippen LogP contribution is 2.32. The molecule has 9 nitrogen and oxygen atoms in total. The molecule has 0 aliphatic carbocycles. The fraction of sp³-hybridized carbons (Fsp3) is 0.474. The molecule has 0 unspecified atom stereocenters. The van der Waals surface area contributed by atoms with Crippen LogP contribution in [0.1, 0.15) is 18.4 Å². The number of carbonyl (C=O) groups is 4. The number of benzene rings is 1. The number of ether oxygens (including phenoxy) is 1. The minimum Gasteiger partial charge on any atom is -0.478 e. The average molecular weight is 422 g/mol. The van der Waals surface area contributed by atoms with Crippen molar-refractivity contribution in [2.24, 2.45) is 0 Å². The monoisotopic (exact) mass is 422 g/mol. The Morgan fingerprint density at radius 3 is 2.62 bits per heavy atom. The second-order valence-electron chi connectivity index (χ2n) is 6.83. The number of thioether (sulfide) groups is 1. The number of aliphatic hydroxyl groups excluding tert-OH is 1. The van der Waals surface area contributed by atoms with Gasteiger partial charge in [-0.25, -0.2) is 4.79 Å². The molecule has 2 amide bonds. The summed E-state index contributed by atoms with van der Waals surface area (Å²) in [6, 6.07) is 7.93. The van der Waals surface area contributed by atoms with Crippen LogP contribution in [0.2, 0.25) is 0 Å². The molecule has 2 saturated heterocycles. The van der Waals surface area contributed by atoms with Gasteiger partial charge in [0, 0.05) is 6.61 Å². The summed E-state index contributed by atoms with van der Waals surface area (Å²) < 4.78 is 5.33. The number of aliphatic hydroxyl groups is 1. The normalized spacial score (nSPS) is 24.7. The molecule has 0 saturated carbocycles. The average Bonchev–Trinajstić information content (AvgIpc) is 3.24. The molecule has 2 fully saturated rings. The van der Waals surface area contributed by atoms with Crippen molar-refractivity contribution >= 4 is 35.3 Å². The summed E-state index contributed by atoms with van der Waals surface area (Å²) in [5.74, 6) is -2.87. The van der Waals surface area contributed by atoms with Crippen LogP contribution in [-0.2, 0) is 30.3 Å². The van der Waals surface area contributed by atoms with Crippen LogP contribution in [-0.4, -0.2) is 74.8 Å². The Kier molecular flexibility index (Phi) is 6.88. The van der Waals surface area contributed by atoms with Crippen LogP contribution in [0.15, 0.2) is 30.3 Å². The number of likely N-dealkylation sites (tertiary alicyclic amines) is 1. The molecule has 1 aromatic carbocycles. The van der Waals surface area contributed by atoms with E-state index in [9.17, 15) is 24.3 Å². The van der Waals surface area contributed by atoms with Crippen molar-refractivity contribution in [3.63, 3.8) is 0 Å². The highest BCUT2D eigenvalue weighted by Gasteiger charge is 2.53. The fourth-order valence-corrected chi connectivity index (χ4v) is 4.55. The maximum Gasteiger partial charge on any atom is 0.354 e. The third-order valence-electron chi connectivity index (χ3n) is 4.77. The Morgan fingerprint density at radius 2 is 2.00 bits per heavy atom. The maximum absolute atomic E-state index is 12.4. The lowest BCUT2D eigenvalue weighted by Gasteiger charge is -2.47. The summed E-state index contributed by atoms with van der Waals surface area (Å²) in [7, 11) is 0. The first-order chi connectivity index (χ1) is 13.9. The van der Waals surface area contributed by atoms with E-state index in [4.69, 9.17) is 9.84 Å². The molecular weight excluding hydrogens is 400 g/mol. The van der Waals surface area contributed by atoms with Crippen molar-refractivity contribution in [1.82, 2.24) is 10.2 Å². The second kappa shape index (κ2) is 9.38. The van der Waals surface area contributed by atoms with E-state index in [0.717, 1.165) is 28.6 Å². The van der Waals surface area contributed by atoms with Gasteiger partial charge in [0.15, 0.2) is 5.78 Å². The minimum absolute atomic E-state index is 0.0174. The molecule has 1 aromatic rings. The highest BCUT2D eigenvalue weighted by atomic mass is 32.2. The molecule has 0 bridgehead atoms. The number of hydrogen-bond acceptors (Lipinski definition) is 7. The SMILES string of the molecule is O=C(Cc1ccccc1)N[C@@H]1C(=O)N([C@@H](O)C(=O)O)[C@@H]1SCC(=O)[C@@H]1CCCO1. The summed E-state index contributed by atoms with van der Waals surface area (Å²) in [6.07, 6.45) is -1.06. The van der Waals surface area contributed by atoms with Crippen molar-refractivity contribution in [3.05, 3.63) is 35.9 Å². The first-order valence-electron chi connectivity index (χ1n) is 9.20. The molecule has 3 rings (SSSR count). The van der Waals surface area contributed by atoms with Crippen LogP contribution < -0.4 is 5.32 Å². The van der Waals surface area contributed by atoms with Crippen LogP contribution in [0, 0.1) is 0 Å². The van der Waals surface area contributed by atoms with Gasteiger partial charge >= 0.3 is 5.97 Å².